The summed E-state index contributed by atoms with van der Waals surface area (Å²) in [5.41, 5.74) is 1.49. The summed E-state index contributed by atoms with van der Waals surface area (Å²) in [6, 6.07) is 11.7. The quantitative estimate of drug-likeness (QED) is 0.289. The van der Waals surface area contributed by atoms with Crippen molar-refractivity contribution in [2.45, 2.75) is 32.9 Å². The molecule has 0 saturated heterocycles. The second kappa shape index (κ2) is 12.6. The first kappa shape index (κ1) is 23.3. The lowest BCUT2D eigenvalue weighted by molar-refractivity contribution is 0.0528. The molecule has 0 radical (unpaired) electrons. The molecule has 0 saturated carbocycles. The molecular weight excluding hydrogens is 388 g/mol. The molecule has 2 aromatic rings. The van der Waals surface area contributed by atoms with Gasteiger partial charge in [0.1, 0.15) is 11.2 Å². The summed E-state index contributed by atoms with van der Waals surface area (Å²) in [5.74, 6) is -0.379. The Kier molecular flexibility index (Phi) is 10.1. The van der Waals surface area contributed by atoms with Crippen LogP contribution in [0.2, 0.25) is 0 Å². The first-order chi connectivity index (χ1) is 14.1. The van der Waals surface area contributed by atoms with E-state index in [1.807, 2.05) is 36.4 Å². The Morgan fingerprint density at radius 3 is 2.66 bits per heavy atom. The number of thiophene rings is 1. The first-order valence-corrected chi connectivity index (χ1v) is 10.9. The number of aliphatic hydroxyl groups excluding tert-OH is 1. The molecule has 1 atom stereocenters. The highest BCUT2D eigenvalue weighted by atomic mass is 32.1. The van der Waals surface area contributed by atoms with Gasteiger partial charge >= 0.3 is 5.97 Å². The minimum Gasteiger partial charge on any atom is -0.462 e. The van der Waals surface area contributed by atoms with Crippen molar-refractivity contribution >= 4 is 22.3 Å². The third kappa shape index (κ3) is 7.44. The van der Waals surface area contributed by atoms with Gasteiger partial charge in [0.2, 0.25) is 0 Å². The van der Waals surface area contributed by atoms with Gasteiger partial charge in [0.25, 0.3) is 0 Å². The topological polar surface area (TPSA) is 71.0 Å². The Labute approximate surface area is 177 Å². The number of anilines is 1. The van der Waals surface area contributed by atoms with Gasteiger partial charge in [-0.3, -0.25) is 0 Å². The lowest BCUT2D eigenvalue weighted by Crippen LogP contribution is -2.31. The van der Waals surface area contributed by atoms with E-state index in [2.05, 4.69) is 17.1 Å². The van der Waals surface area contributed by atoms with Crippen LogP contribution in [0.3, 0.4) is 0 Å². The van der Waals surface area contributed by atoms with Crippen LogP contribution in [0.1, 0.15) is 37.0 Å². The van der Waals surface area contributed by atoms with E-state index in [9.17, 15) is 9.90 Å². The Bertz CT molecular complexity index is 736. The van der Waals surface area contributed by atoms with Gasteiger partial charge in [-0.15, -0.1) is 11.3 Å². The van der Waals surface area contributed by atoms with Crippen molar-refractivity contribution < 1.29 is 19.4 Å². The van der Waals surface area contributed by atoms with E-state index in [1.165, 1.54) is 11.3 Å². The van der Waals surface area contributed by atoms with Gasteiger partial charge < -0.3 is 24.8 Å². The zero-order valence-corrected chi connectivity index (χ0v) is 18.3. The Hall–Kier alpha value is -1.93. The Morgan fingerprint density at radius 2 is 2.00 bits per heavy atom. The zero-order chi connectivity index (χ0) is 21.1. The Morgan fingerprint density at radius 1 is 1.24 bits per heavy atom. The van der Waals surface area contributed by atoms with Gasteiger partial charge in [0.05, 0.1) is 12.2 Å². The molecule has 1 heterocycles. The maximum absolute atomic E-state index is 12.4. The number of rotatable bonds is 13. The SMILES string of the molecule is CCOC(=O)c1cc(-c2ccccc2)sc1NC(O)CCN(CC)CCCOC. The van der Waals surface area contributed by atoms with Crippen LogP contribution in [0.15, 0.2) is 36.4 Å². The molecule has 0 bridgehead atoms. The molecule has 0 aliphatic carbocycles. The van der Waals surface area contributed by atoms with Crippen LogP contribution in [-0.4, -0.2) is 62.2 Å². The summed E-state index contributed by atoms with van der Waals surface area (Å²) >= 11 is 1.45. The highest BCUT2D eigenvalue weighted by Crippen LogP contribution is 2.36. The molecule has 0 fully saturated rings. The third-order valence-electron chi connectivity index (χ3n) is 4.57. The molecule has 0 aliphatic heterocycles. The molecule has 2 N–H and O–H groups in total. The van der Waals surface area contributed by atoms with E-state index in [0.717, 1.165) is 43.1 Å². The number of benzene rings is 1. The number of ether oxygens (including phenoxy) is 2. The van der Waals surface area contributed by atoms with Crippen LogP contribution in [0.4, 0.5) is 5.00 Å². The number of esters is 1. The number of nitrogens with one attached hydrogen (secondary N) is 1. The van der Waals surface area contributed by atoms with Crippen LogP contribution < -0.4 is 5.32 Å². The molecule has 0 amide bonds. The number of nitrogens with zero attached hydrogens (tertiary/aromatic N) is 1. The van der Waals surface area contributed by atoms with Crippen LogP contribution >= 0.6 is 11.3 Å². The molecule has 0 spiro atoms. The summed E-state index contributed by atoms with van der Waals surface area (Å²) in [5, 5.41) is 14.3. The van der Waals surface area contributed by atoms with Crippen LogP contribution in [0.25, 0.3) is 10.4 Å². The lowest BCUT2D eigenvalue weighted by Gasteiger charge is -2.22. The average Bonchev–Trinajstić information content (AvgIpc) is 3.15. The molecular formula is C22H32N2O4S. The number of aliphatic hydroxyl groups is 1. The molecule has 1 aromatic heterocycles. The minimum absolute atomic E-state index is 0.310. The summed E-state index contributed by atoms with van der Waals surface area (Å²) in [7, 11) is 1.70. The van der Waals surface area contributed by atoms with E-state index in [1.54, 1.807) is 14.0 Å². The van der Waals surface area contributed by atoms with Gasteiger partial charge in [-0.1, -0.05) is 37.3 Å². The van der Waals surface area contributed by atoms with Gasteiger partial charge in [-0.2, -0.15) is 0 Å². The molecule has 7 heteroatoms. The predicted molar refractivity (Wildman–Crippen MR) is 119 cm³/mol. The summed E-state index contributed by atoms with van der Waals surface area (Å²) < 4.78 is 10.3. The third-order valence-corrected chi connectivity index (χ3v) is 5.69. The van der Waals surface area contributed by atoms with E-state index in [-0.39, 0.29) is 5.97 Å². The number of carbonyl (C=O) groups is 1. The van der Waals surface area contributed by atoms with Crippen molar-refractivity contribution in [2.24, 2.45) is 0 Å². The monoisotopic (exact) mass is 420 g/mol. The minimum atomic E-state index is -0.748. The second-order valence-corrected chi connectivity index (χ2v) is 7.72. The molecule has 2 rings (SSSR count). The fourth-order valence-electron chi connectivity index (χ4n) is 2.99. The summed E-state index contributed by atoms with van der Waals surface area (Å²) in [4.78, 5) is 15.6. The van der Waals surface area contributed by atoms with Crippen molar-refractivity contribution in [3.63, 3.8) is 0 Å². The van der Waals surface area contributed by atoms with Gasteiger partial charge in [0, 0.05) is 38.1 Å². The number of carbonyl (C=O) groups excluding carboxylic acids is 1. The fraction of sp³-hybridized carbons (Fsp3) is 0.500. The van der Waals surface area contributed by atoms with E-state index >= 15 is 0 Å². The highest BCUT2D eigenvalue weighted by Gasteiger charge is 2.20. The van der Waals surface area contributed by atoms with Crippen molar-refractivity contribution in [1.29, 1.82) is 0 Å². The highest BCUT2D eigenvalue weighted by molar-refractivity contribution is 7.19. The maximum atomic E-state index is 12.4. The van der Waals surface area contributed by atoms with E-state index in [0.29, 0.717) is 23.6 Å². The van der Waals surface area contributed by atoms with Gasteiger partial charge in [-0.05, 0) is 31.5 Å². The number of hydrogen-bond donors (Lipinski definition) is 2. The zero-order valence-electron chi connectivity index (χ0n) is 17.5. The maximum Gasteiger partial charge on any atom is 0.341 e. The fourth-order valence-corrected chi connectivity index (χ4v) is 4.09. The first-order valence-electron chi connectivity index (χ1n) is 10.1. The van der Waals surface area contributed by atoms with Gasteiger partial charge in [0.15, 0.2) is 0 Å². The predicted octanol–water partition coefficient (Wildman–Crippen LogP) is 4.07. The molecule has 1 unspecified atom stereocenters. The largest absolute Gasteiger partial charge is 0.462 e. The summed E-state index contributed by atoms with van der Waals surface area (Å²) in [6.45, 7) is 7.55. The van der Waals surface area contributed by atoms with Crippen molar-refractivity contribution in [1.82, 2.24) is 4.90 Å². The average molecular weight is 421 g/mol. The number of methoxy groups -OCH3 is 1. The Balaban J connectivity index is 2.05. The molecule has 1 aromatic carbocycles. The second-order valence-electron chi connectivity index (χ2n) is 6.67. The van der Waals surface area contributed by atoms with Crippen LogP contribution in [0.5, 0.6) is 0 Å². The normalized spacial score (nSPS) is 12.2. The van der Waals surface area contributed by atoms with E-state index in [4.69, 9.17) is 9.47 Å². The summed E-state index contributed by atoms with van der Waals surface area (Å²) in [6.07, 6.45) is 0.773. The van der Waals surface area contributed by atoms with E-state index < -0.39 is 6.23 Å². The van der Waals surface area contributed by atoms with Crippen molar-refractivity contribution in [2.75, 3.05) is 45.3 Å². The lowest BCUT2D eigenvalue weighted by atomic mass is 10.1. The molecule has 6 nitrogen and oxygen atoms in total. The van der Waals surface area contributed by atoms with Gasteiger partial charge in [-0.25, -0.2) is 4.79 Å². The van der Waals surface area contributed by atoms with Crippen LogP contribution in [0, 0.1) is 0 Å². The van der Waals surface area contributed by atoms with Crippen molar-refractivity contribution in [3.8, 4) is 10.4 Å². The molecule has 0 aliphatic rings. The van der Waals surface area contributed by atoms with Crippen molar-refractivity contribution in [3.05, 3.63) is 42.0 Å². The standard InChI is InChI=1S/C22H32N2O4S/c1-4-24(13-9-15-27-3)14-12-20(25)23-21-18(22(26)28-5-2)16-19(29-21)17-10-7-6-8-11-17/h6-8,10-11,16,20,23,25H,4-5,9,12-15H2,1-3H3. The van der Waals surface area contributed by atoms with Crippen LogP contribution in [-0.2, 0) is 9.47 Å². The molecule has 29 heavy (non-hydrogen) atoms. The molecule has 160 valence electrons. The number of hydrogen-bond acceptors (Lipinski definition) is 7. The smallest absolute Gasteiger partial charge is 0.341 e.